The molecule has 0 radical (unpaired) electrons. The molecule has 0 bridgehead atoms. The van der Waals surface area contributed by atoms with E-state index in [9.17, 15) is 4.79 Å². The Morgan fingerprint density at radius 2 is 1.93 bits per heavy atom. The van der Waals surface area contributed by atoms with Crippen LogP contribution in [0.1, 0.15) is 16.6 Å². The molecule has 3 aromatic rings. The molecule has 5 rings (SSSR count). The molecule has 4 atom stereocenters. The van der Waals surface area contributed by atoms with Crippen LogP contribution >= 0.6 is 0 Å². The average Bonchev–Trinajstić information content (AvgIpc) is 3.47. The van der Waals surface area contributed by atoms with E-state index in [1.54, 1.807) is 16.8 Å². The number of tetrazole rings is 1. The summed E-state index contributed by atoms with van der Waals surface area (Å²) in [5.74, 6) is 0.644. The molecular formula is C18H17N5O4. The highest BCUT2D eigenvalue weighted by atomic mass is 16.6. The zero-order valence-corrected chi connectivity index (χ0v) is 14.3. The van der Waals surface area contributed by atoms with Gasteiger partial charge in [0.1, 0.15) is 18.2 Å². The number of nitrogens with zero attached hydrogens (tertiary/aromatic N) is 4. The second-order valence-corrected chi connectivity index (χ2v) is 6.53. The van der Waals surface area contributed by atoms with Crippen molar-refractivity contribution in [1.29, 1.82) is 0 Å². The van der Waals surface area contributed by atoms with E-state index in [0.717, 1.165) is 5.56 Å². The third-order valence-electron chi connectivity index (χ3n) is 4.93. The number of aromatic nitrogens is 4. The monoisotopic (exact) mass is 367 g/mol. The van der Waals surface area contributed by atoms with Gasteiger partial charge in [0.15, 0.2) is 11.6 Å². The third-order valence-corrected chi connectivity index (χ3v) is 4.93. The smallest absolute Gasteiger partial charge is 0.287 e. The van der Waals surface area contributed by atoms with Crippen molar-refractivity contribution in [3.05, 3.63) is 54.5 Å². The van der Waals surface area contributed by atoms with Crippen LogP contribution in [0, 0.1) is 0 Å². The van der Waals surface area contributed by atoms with Gasteiger partial charge < -0.3 is 19.2 Å². The lowest BCUT2D eigenvalue weighted by Crippen LogP contribution is -2.44. The molecule has 2 aromatic heterocycles. The van der Waals surface area contributed by atoms with E-state index in [-0.39, 0.29) is 36.0 Å². The van der Waals surface area contributed by atoms with E-state index in [4.69, 9.17) is 13.9 Å². The second kappa shape index (κ2) is 6.60. The minimum Gasteiger partial charge on any atom is -0.459 e. The Labute approximate surface area is 154 Å². The Hall–Kier alpha value is -3.04. The van der Waals surface area contributed by atoms with Gasteiger partial charge in [-0.25, -0.2) is 4.68 Å². The molecule has 1 N–H and O–H groups in total. The van der Waals surface area contributed by atoms with Crippen molar-refractivity contribution >= 4 is 5.91 Å². The number of hydrogen-bond acceptors (Lipinski definition) is 7. The number of benzene rings is 1. The van der Waals surface area contributed by atoms with Crippen LogP contribution in [0.15, 0.2) is 53.1 Å². The summed E-state index contributed by atoms with van der Waals surface area (Å²) < 4.78 is 18.8. The number of hydrogen-bond donors (Lipinski definition) is 1. The predicted octanol–water partition coefficient (Wildman–Crippen LogP) is 1.07. The second-order valence-electron chi connectivity index (χ2n) is 6.53. The zero-order valence-electron chi connectivity index (χ0n) is 14.3. The molecule has 9 nitrogen and oxygen atoms in total. The van der Waals surface area contributed by atoms with Gasteiger partial charge in [-0.05, 0) is 22.6 Å². The number of nitrogens with one attached hydrogen (secondary N) is 1. The van der Waals surface area contributed by atoms with Crippen molar-refractivity contribution in [2.45, 2.75) is 24.3 Å². The summed E-state index contributed by atoms with van der Waals surface area (Å²) in [5, 5.41) is 15.1. The number of carbonyl (C=O) groups excluding carboxylic acids is 1. The minimum absolute atomic E-state index is 0.161. The highest BCUT2D eigenvalue weighted by molar-refractivity contribution is 5.91. The SMILES string of the molecule is O=C(NC1COC2C1OCC2n1nnnc1-c1ccccc1)c1ccco1. The maximum absolute atomic E-state index is 12.2. The van der Waals surface area contributed by atoms with Crippen LogP contribution in [0.4, 0.5) is 0 Å². The number of furan rings is 1. The number of amides is 1. The molecule has 1 amide bonds. The summed E-state index contributed by atoms with van der Waals surface area (Å²) in [6.45, 7) is 0.772. The highest BCUT2D eigenvalue weighted by Gasteiger charge is 2.50. The fraction of sp³-hybridized carbons (Fsp3) is 0.333. The molecule has 2 saturated heterocycles. The molecule has 2 aliphatic rings. The first-order chi connectivity index (χ1) is 13.3. The molecule has 4 unspecified atom stereocenters. The molecule has 27 heavy (non-hydrogen) atoms. The molecule has 2 aliphatic heterocycles. The predicted molar refractivity (Wildman–Crippen MR) is 91.7 cm³/mol. The Kier molecular flexibility index (Phi) is 3.95. The van der Waals surface area contributed by atoms with Crippen LogP contribution in [0.25, 0.3) is 11.4 Å². The molecule has 138 valence electrons. The molecule has 0 saturated carbocycles. The van der Waals surface area contributed by atoms with Gasteiger partial charge in [-0.15, -0.1) is 5.10 Å². The van der Waals surface area contributed by atoms with Crippen molar-refractivity contribution in [1.82, 2.24) is 25.5 Å². The van der Waals surface area contributed by atoms with E-state index < -0.39 is 0 Å². The summed E-state index contributed by atoms with van der Waals surface area (Å²) in [6.07, 6.45) is 0.966. The van der Waals surface area contributed by atoms with Crippen LogP contribution in [-0.4, -0.2) is 57.6 Å². The van der Waals surface area contributed by atoms with Gasteiger partial charge in [0.05, 0.1) is 25.5 Å². The lowest BCUT2D eigenvalue weighted by atomic mass is 10.1. The Morgan fingerprint density at radius 3 is 2.74 bits per heavy atom. The van der Waals surface area contributed by atoms with E-state index in [0.29, 0.717) is 19.0 Å². The third kappa shape index (κ3) is 2.81. The molecule has 4 heterocycles. The minimum atomic E-state index is -0.284. The lowest BCUT2D eigenvalue weighted by molar-refractivity contribution is 0.0613. The fourth-order valence-corrected chi connectivity index (χ4v) is 3.65. The molecule has 0 spiro atoms. The maximum Gasteiger partial charge on any atom is 0.287 e. The standard InChI is InChI=1S/C18H17N5O4/c24-18(14-7-4-8-25-14)19-12-9-26-16-13(10-27-15(12)16)23-17(20-21-22-23)11-5-2-1-3-6-11/h1-8,12-13,15-16H,9-10H2,(H,19,24). The number of carbonyl (C=O) groups is 1. The lowest BCUT2D eigenvalue weighted by Gasteiger charge is -2.18. The summed E-state index contributed by atoms with van der Waals surface area (Å²) in [6, 6.07) is 12.6. The Balaban J connectivity index is 1.34. The van der Waals surface area contributed by atoms with E-state index in [1.165, 1.54) is 6.26 Å². The van der Waals surface area contributed by atoms with Crippen molar-refractivity contribution < 1.29 is 18.7 Å². The normalized spacial score (nSPS) is 26.8. The van der Waals surface area contributed by atoms with Gasteiger partial charge in [0.2, 0.25) is 0 Å². The first-order valence-electron chi connectivity index (χ1n) is 8.72. The van der Waals surface area contributed by atoms with Gasteiger partial charge >= 0.3 is 0 Å². The summed E-state index contributed by atoms with van der Waals surface area (Å²) in [7, 11) is 0. The van der Waals surface area contributed by atoms with Crippen LogP contribution in [0.5, 0.6) is 0 Å². The van der Waals surface area contributed by atoms with Gasteiger partial charge in [-0.2, -0.15) is 0 Å². The molecular weight excluding hydrogens is 350 g/mol. The number of fused-ring (bicyclic) bond motifs is 1. The molecule has 2 fully saturated rings. The Bertz CT molecular complexity index is 926. The highest BCUT2D eigenvalue weighted by Crippen LogP contribution is 2.35. The molecule has 0 aliphatic carbocycles. The quantitative estimate of drug-likeness (QED) is 0.735. The fourth-order valence-electron chi connectivity index (χ4n) is 3.65. The first-order valence-corrected chi connectivity index (χ1v) is 8.72. The summed E-state index contributed by atoms with van der Waals surface area (Å²) in [5.41, 5.74) is 0.923. The van der Waals surface area contributed by atoms with Gasteiger partial charge in [-0.3, -0.25) is 4.79 Å². The molecule has 9 heteroatoms. The van der Waals surface area contributed by atoms with E-state index in [1.807, 2.05) is 30.3 Å². The van der Waals surface area contributed by atoms with Crippen LogP contribution in [0.3, 0.4) is 0 Å². The van der Waals surface area contributed by atoms with Crippen LogP contribution < -0.4 is 5.32 Å². The van der Waals surface area contributed by atoms with Gasteiger partial charge in [0, 0.05) is 5.56 Å². The maximum atomic E-state index is 12.2. The van der Waals surface area contributed by atoms with Gasteiger partial charge in [-0.1, -0.05) is 30.3 Å². The summed E-state index contributed by atoms with van der Waals surface area (Å²) >= 11 is 0. The molecule has 1 aromatic carbocycles. The van der Waals surface area contributed by atoms with Crippen molar-refractivity contribution in [2.75, 3.05) is 13.2 Å². The largest absolute Gasteiger partial charge is 0.459 e. The average molecular weight is 367 g/mol. The van der Waals surface area contributed by atoms with Crippen LogP contribution in [0.2, 0.25) is 0 Å². The number of ether oxygens (including phenoxy) is 2. The Morgan fingerprint density at radius 1 is 1.07 bits per heavy atom. The van der Waals surface area contributed by atoms with Crippen LogP contribution in [-0.2, 0) is 9.47 Å². The van der Waals surface area contributed by atoms with E-state index in [2.05, 4.69) is 20.8 Å². The summed E-state index contributed by atoms with van der Waals surface area (Å²) in [4.78, 5) is 12.2. The van der Waals surface area contributed by atoms with Crippen molar-refractivity contribution in [2.24, 2.45) is 0 Å². The van der Waals surface area contributed by atoms with Gasteiger partial charge in [0.25, 0.3) is 5.91 Å². The zero-order chi connectivity index (χ0) is 18.2. The van der Waals surface area contributed by atoms with E-state index >= 15 is 0 Å². The number of rotatable bonds is 4. The van der Waals surface area contributed by atoms with Crippen molar-refractivity contribution in [3.8, 4) is 11.4 Å². The first kappa shape index (κ1) is 16.2. The topological polar surface area (TPSA) is 104 Å². The van der Waals surface area contributed by atoms with Crippen molar-refractivity contribution in [3.63, 3.8) is 0 Å².